The van der Waals surface area contributed by atoms with Crippen molar-refractivity contribution in [2.45, 2.75) is 0 Å². The van der Waals surface area contributed by atoms with Gasteiger partial charge >= 0.3 is 11.0 Å². The Balaban J connectivity index is 3.29. The second kappa shape index (κ2) is 3.20. The van der Waals surface area contributed by atoms with Crippen LogP contribution in [0.15, 0.2) is 6.07 Å². The van der Waals surface area contributed by atoms with Crippen LogP contribution in [0.3, 0.4) is 0 Å². The summed E-state index contributed by atoms with van der Waals surface area (Å²) in [7, 11) is 0. The Labute approximate surface area is 75.8 Å². The average molecular weight is 198 g/mol. The first-order chi connectivity index (χ1) is 6.06. The number of aromatic carboxylic acids is 1. The molecule has 13 heavy (non-hydrogen) atoms. The van der Waals surface area contributed by atoms with Crippen LogP contribution in [0.2, 0.25) is 0 Å². The molecule has 0 atom stereocenters. The first kappa shape index (κ1) is 9.15. The summed E-state index contributed by atoms with van der Waals surface area (Å²) >= 11 is 0.479. The third-order valence-electron chi connectivity index (χ3n) is 1.21. The normalized spacial score (nSPS) is 9.15. The fourth-order valence-corrected chi connectivity index (χ4v) is 1.46. The largest absolute Gasteiger partial charge is 0.477 e. The molecule has 1 rings (SSSR count). The van der Waals surface area contributed by atoms with E-state index >= 15 is 0 Å². The van der Waals surface area contributed by atoms with E-state index in [9.17, 15) is 14.9 Å². The van der Waals surface area contributed by atoms with Crippen molar-refractivity contribution in [3.8, 4) is 6.07 Å². The van der Waals surface area contributed by atoms with Gasteiger partial charge in [0.2, 0.25) is 0 Å². The molecule has 7 heteroatoms. The summed E-state index contributed by atoms with van der Waals surface area (Å²) < 4.78 is 0. The molecule has 1 N–H and O–H groups in total. The van der Waals surface area contributed by atoms with Crippen LogP contribution in [-0.2, 0) is 0 Å². The molecule has 0 aliphatic carbocycles. The van der Waals surface area contributed by atoms with Gasteiger partial charge < -0.3 is 5.11 Å². The van der Waals surface area contributed by atoms with Crippen LogP contribution in [-0.4, -0.2) is 16.0 Å². The molecule has 0 fully saturated rings. The fraction of sp³-hybridized carbons (Fsp3) is 0. The average Bonchev–Trinajstić information content (AvgIpc) is 2.47. The molecule has 0 spiro atoms. The number of hydrogen-bond acceptors (Lipinski definition) is 5. The van der Waals surface area contributed by atoms with E-state index in [2.05, 4.69) is 0 Å². The molecule has 0 bridgehead atoms. The van der Waals surface area contributed by atoms with Crippen molar-refractivity contribution in [3.05, 3.63) is 26.6 Å². The predicted octanol–water partition coefficient (Wildman–Crippen LogP) is 1.23. The van der Waals surface area contributed by atoms with Gasteiger partial charge in [0.15, 0.2) is 0 Å². The number of nitro groups is 1. The first-order valence-electron chi connectivity index (χ1n) is 2.98. The SMILES string of the molecule is N#Cc1cc(C(=O)O)sc1[N+](=O)[O-]. The second-order valence-electron chi connectivity index (χ2n) is 2.00. The third kappa shape index (κ3) is 1.62. The third-order valence-corrected chi connectivity index (χ3v) is 2.28. The minimum atomic E-state index is -1.27. The predicted molar refractivity (Wildman–Crippen MR) is 42.6 cm³/mol. The lowest BCUT2D eigenvalue weighted by atomic mass is 10.3. The van der Waals surface area contributed by atoms with Crippen molar-refractivity contribution in [2.24, 2.45) is 0 Å². The Bertz CT molecular complexity index is 417. The van der Waals surface area contributed by atoms with Crippen LogP contribution in [0.25, 0.3) is 0 Å². The number of nitriles is 1. The number of carboxylic acid groups (broad SMARTS) is 1. The Kier molecular flexibility index (Phi) is 2.25. The lowest BCUT2D eigenvalue weighted by molar-refractivity contribution is -0.380. The zero-order valence-corrected chi connectivity index (χ0v) is 6.87. The van der Waals surface area contributed by atoms with Crippen molar-refractivity contribution >= 4 is 22.3 Å². The molecular formula is C6H2N2O4S. The number of rotatable bonds is 2. The van der Waals surface area contributed by atoms with Gasteiger partial charge in [0.05, 0.1) is 4.92 Å². The quantitative estimate of drug-likeness (QED) is 0.568. The van der Waals surface area contributed by atoms with E-state index in [0.717, 1.165) is 6.07 Å². The molecule has 0 amide bonds. The smallest absolute Gasteiger partial charge is 0.346 e. The van der Waals surface area contributed by atoms with Crippen molar-refractivity contribution in [1.82, 2.24) is 0 Å². The molecule has 66 valence electrons. The molecule has 0 aromatic carbocycles. The number of thiophene rings is 1. The highest BCUT2D eigenvalue weighted by Gasteiger charge is 2.21. The van der Waals surface area contributed by atoms with Gasteiger partial charge in [0, 0.05) is 0 Å². The van der Waals surface area contributed by atoms with Gasteiger partial charge in [-0.15, -0.1) is 0 Å². The molecule has 0 aliphatic rings. The first-order valence-corrected chi connectivity index (χ1v) is 3.79. The Morgan fingerprint density at radius 2 is 2.38 bits per heavy atom. The lowest BCUT2D eigenvalue weighted by Gasteiger charge is -1.82. The van der Waals surface area contributed by atoms with E-state index in [1.54, 1.807) is 6.07 Å². The molecular weight excluding hydrogens is 196 g/mol. The van der Waals surface area contributed by atoms with E-state index in [-0.39, 0.29) is 10.4 Å². The monoisotopic (exact) mass is 198 g/mol. The molecule has 0 aliphatic heterocycles. The van der Waals surface area contributed by atoms with E-state index in [4.69, 9.17) is 10.4 Å². The molecule has 1 aromatic rings. The maximum atomic E-state index is 10.4. The van der Waals surface area contributed by atoms with Crippen molar-refractivity contribution < 1.29 is 14.8 Å². The van der Waals surface area contributed by atoms with Crippen molar-refractivity contribution in [2.75, 3.05) is 0 Å². The number of nitrogens with zero attached hydrogens (tertiary/aromatic N) is 2. The summed E-state index contributed by atoms with van der Waals surface area (Å²) in [6, 6.07) is 2.55. The van der Waals surface area contributed by atoms with Crippen LogP contribution in [0.1, 0.15) is 15.2 Å². The summed E-state index contributed by atoms with van der Waals surface area (Å²) in [4.78, 5) is 19.7. The molecule has 0 saturated heterocycles. The van der Waals surface area contributed by atoms with E-state index < -0.39 is 15.9 Å². The molecule has 1 heterocycles. The van der Waals surface area contributed by atoms with E-state index in [1.165, 1.54) is 0 Å². The minimum absolute atomic E-state index is 0.205. The summed E-state index contributed by atoms with van der Waals surface area (Å²) in [5.41, 5.74) is -0.215. The zero-order valence-electron chi connectivity index (χ0n) is 6.05. The van der Waals surface area contributed by atoms with Crippen LogP contribution >= 0.6 is 11.3 Å². The van der Waals surface area contributed by atoms with Gasteiger partial charge in [-0.05, 0) is 6.07 Å². The summed E-state index contributed by atoms with van der Waals surface area (Å²) in [6.07, 6.45) is 0. The summed E-state index contributed by atoms with van der Waals surface area (Å²) in [6.45, 7) is 0. The van der Waals surface area contributed by atoms with Crippen LogP contribution < -0.4 is 0 Å². The van der Waals surface area contributed by atoms with E-state index in [0.29, 0.717) is 11.3 Å². The summed E-state index contributed by atoms with van der Waals surface area (Å²) in [5.74, 6) is -1.27. The van der Waals surface area contributed by atoms with Crippen LogP contribution in [0.4, 0.5) is 5.00 Å². The van der Waals surface area contributed by atoms with Gasteiger partial charge in [0.1, 0.15) is 16.5 Å². The Morgan fingerprint density at radius 3 is 2.69 bits per heavy atom. The second-order valence-corrected chi connectivity index (χ2v) is 3.03. The zero-order chi connectivity index (χ0) is 10.0. The number of hydrogen-bond donors (Lipinski definition) is 1. The van der Waals surface area contributed by atoms with Gasteiger partial charge in [-0.1, -0.05) is 11.3 Å². The van der Waals surface area contributed by atoms with Gasteiger partial charge in [0.25, 0.3) is 0 Å². The minimum Gasteiger partial charge on any atom is -0.477 e. The fourth-order valence-electron chi connectivity index (χ4n) is 0.703. The topological polar surface area (TPSA) is 104 Å². The standard InChI is InChI=1S/C6H2N2O4S/c7-2-3-1-4(6(9)10)13-5(3)8(11)12/h1H,(H,9,10). The molecule has 6 nitrogen and oxygen atoms in total. The van der Waals surface area contributed by atoms with Crippen LogP contribution in [0.5, 0.6) is 0 Å². The highest BCUT2D eigenvalue weighted by atomic mass is 32.1. The highest BCUT2D eigenvalue weighted by Crippen LogP contribution is 2.29. The Hall–Kier alpha value is -1.94. The van der Waals surface area contributed by atoms with Crippen LogP contribution in [0, 0.1) is 21.4 Å². The van der Waals surface area contributed by atoms with Gasteiger partial charge in [-0.3, -0.25) is 10.1 Å². The van der Waals surface area contributed by atoms with Crippen molar-refractivity contribution in [1.29, 1.82) is 5.26 Å². The molecule has 1 aromatic heterocycles. The number of carbonyl (C=O) groups is 1. The maximum Gasteiger partial charge on any atom is 0.346 e. The van der Waals surface area contributed by atoms with E-state index in [1.807, 2.05) is 0 Å². The Morgan fingerprint density at radius 1 is 1.77 bits per heavy atom. The maximum absolute atomic E-state index is 10.4. The lowest BCUT2D eigenvalue weighted by Crippen LogP contribution is -1.89. The van der Waals surface area contributed by atoms with Gasteiger partial charge in [-0.2, -0.15) is 5.26 Å². The van der Waals surface area contributed by atoms with Crippen molar-refractivity contribution in [3.63, 3.8) is 0 Å². The summed E-state index contributed by atoms with van der Waals surface area (Å²) in [5, 5.41) is 26.8. The van der Waals surface area contributed by atoms with Gasteiger partial charge in [-0.25, -0.2) is 4.79 Å². The molecule has 0 radical (unpaired) electrons. The molecule has 0 unspecified atom stereocenters. The number of carboxylic acids is 1. The molecule has 0 saturated carbocycles. The highest BCUT2D eigenvalue weighted by molar-refractivity contribution is 7.17.